The second-order valence-electron chi connectivity index (χ2n) is 4.74. The van der Waals surface area contributed by atoms with E-state index in [1.807, 2.05) is 0 Å². The second-order valence-corrected chi connectivity index (χ2v) is 4.74. The summed E-state index contributed by atoms with van der Waals surface area (Å²) in [6, 6.07) is 6.57. The highest BCUT2D eigenvalue weighted by molar-refractivity contribution is 5.79. The largest absolute Gasteiger partial charge is 0.497 e. The maximum atomic E-state index is 12.1. The summed E-state index contributed by atoms with van der Waals surface area (Å²) in [7, 11) is 1.49. The lowest BCUT2D eigenvalue weighted by Crippen LogP contribution is -2.30. The monoisotopic (exact) mass is 311 g/mol. The van der Waals surface area contributed by atoms with Crippen molar-refractivity contribution in [3.63, 3.8) is 0 Å². The van der Waals surface area contributed by atoms with Crippen molar-refractivity contribution >= 4 is 12.3 Å². The van der Waals surface area contributed by atoms with Crippen molar-refractivity contribution in [3.05, 3.63) is 68.5 Å². The number of H-pyrrole nitrogens is 1. The van der Waals surface area contributed by atoms with Crippen LogP contribution in [-0.2, 0) is 0 Å². The lowest BCUT2D eigenvalue weighted by atomic mass is 10.2. The van der Waals surface area contributed by atoms with Gasteiger partial charge in [-0.2, -0.15) is 0 Å². The van der Waals surface area contributed by atoms with Crippen LogP contribution in [0.4, 0.5) is 0 Å². The van der Waals surface area contributed by atoms with Gasteiger partial charge >= 0.3 is 5.69 Å². The number of nitrogens with one attached hydrogen (secondary N) is 1. The zero-order valence-electron chi connectivity index (χ0n) is 12.2. The van der Waals surface area contributed by atoms with Crippen molar-refractivity contribution in [2.75, 3.05) is 7.11 Å². The predicted octanol–water partition coefficient (Wildman–Crippen LogP) is 1.22. The third-order valence-corrected chi connectivity index (χ3v) is 3.30. The summed E-state index contributed by atoms with van der Waals surface area (Å²) in [5.74, 6) is 0.0539. The maximum absolute atomic E-state index is 12.1. The van der Waals surface area contributed by atoms with Crippen molar-refractivity contribution in [2.24, 2.45) is 4.99 Å². The highest BCUT2D eigenvalue weighted by atomic mass is 16.5. The van der Waals surface area contributed by atoms with E-state index in [9.17, 15) is 14.7 Å². The minimum atomic E-state index is -0.742. The SMILES string of the molecule is COc1cccc(-n2c(O)c(/C=C3/C=CC=N3)c(=O)[nH]c2=O)c1. The molecule has 1 aliphatic heterocycles. The van der Waals surface area contributed by atoms with Gasteiger partial charge in [-0.05, 0) is 30.4 Å². The van der Waals surface area contributed by atoms with E-state index in [-0.39, 0.29) is 5.56 Å². The average Bonchev–Trinajstić information content (AvgIpc) is 3.04. The molecule has 2 aromatic rings. The molecule has 0 saturated heterocycles. The van der Waals surface area contributed by atoms with Crippen molar-refractivity contribution < 1.29 is 9.84 Å². The van der Waals surface area contributed by atoms with Crippen LogP contribution in [0.1, 0.15) is 5.56 Å². The Bertz CT molecular complexity index is 950. The Morgan fingerprint density at radius 2 is 2.17 bits per heavy atom. The molecule has 1 aliphatic rings. The molecule has 0 fully saturated rings. The van der Waals surface area contributed by atoms with Crippen LogP contribution in [0, 0.1) is 0 Å². The highest BCUT2D eigenvalue weighted by Crippen LogP contribution is 2.22. The number of allylic oxidation sites excluding steroid dienone is 2. The summed E-state index contributed by atoms with van der Waals surface area (Å²) in [6.07, 6.45) is 6.36. The van der Waals surface area contributed by atoms with E-state index < -0.39 is 17.1 Å². The number of aromatic hydroxyl groups is 1. The number of aromatic amines is 1. The van der Waals surface area contributed by atoms with Gasteiger partial charge in [-0.25, -0.2) is 9.36 Å². The normalized spacial score (nSPS) is 14.6. The Morgan fingerprint density at radius 3 is 2.87 bits per heavy atom. The van der Waals surface area contributed by atoms with E-state index in [4.69, 9.17) is 4.74 Å². The first-order valence-electron chi connectivity index (χ1n) is 6.75. The number of aliphatic imine (C=N–C) groups is 1. The van der Waals surface area contributed by atoms with E-state index in [0.29, 0.717) is 17.1 Å². The number of benzene rings is 1. The van der Waals surface area contributed by atoms with Crippen LogP contribution in [0.3, 0.4) is 0 Å². The molecule has 3 rings (SSSR count). The Balaban J connectivity index is 2.23. The minimum absolute atomic E-state index is 0.0499. The molecule has 23 heavy (non-hydrogen) atoms. The topological polar surface area (TPSA) is 96.7 Å². The van der Waals surface area contributed by atoms with Gasteiger partial charge in [0.25, 0.3) is 5.56 Å². The number of methoxy groups -OCH3 is 1. The van der Waals surface area contributed by atoms with Crippen molar-refractivity contribution in [3.8, 4) is 17.3 Å². The predicted molar refractivity (Wildman–Crippen MR) is 86.5 cm³/mol. The fourth-order valence-corrected chi connectivity index (χ4v) is 2.20. The summed E-state index contributed by atoms with van der Waals surface area (Å²) < 4.78 is 6.11. The Morgan fingerprint density at radius 1 is 1.35 bits per heavy atom. The van der Waals surface area contributed by atoms with Crippen molar-refractivity contribution in [2.45, 2.75) is 0 Å². The van der Waals surface area contributed by atoms with Crippen LogP contribution in [0.5, 0.6) is 11.6 Å². The van der Waals surface area contributed by atoms with E-state index in [1.54, 1.807) is 42.6 Å². The van der Waals surface area contributed by atoms with Gasteiger partial charge in [-0.15, -0.1) is 0 Å². The third-order valence-electron chi connectivity index (χ3n) is 3.30. The van der Waals surface area contributed by atoms with Crippen LogP contribution in [-0.4, -0.2) is 28.0 Å². The van der Waals surface area contributed by atoms with Crippen LogP contribution in [0.15, 0.2) is 56.7 Å². The molecule has 7 heteroatoms. The van der Waals surface area contributed by atoms with E-state index in [1.165, 1.54) is 13.2 Å². The summed E-state index contributed by atoms with van der Waals surface area (Å²) in [5, 5.41) is 10.4. The zero-order chi connectivity index (χ0) is 16.4. The zero-order valence-corrected chi connectivity index (χ0v) is 12.2. The minimum Gasteiger partial charge on any atom is -0.497 e. The van der Waals surface area contributed by atoms with Crippen LogP contribution in [0.25, 0.3) is 11.8 Å². The van der Waals surface area contributed by atoms with Crippen molar-refractivity contribution in [1.29, 1.82) is 0 Å². The Labute approximate surface area is 130 Å². The van der Waals surface area contributed by atoms with E-state index in [2.05, 4.69) is 9.98 Å². The van der Waals surface area contributed by atoms with Gasteiger partial charge in [-0.1, -0.05) is 6.07 Å². The van der Waals surface area contributed by atoms with Crippen LogP contribution in [0.2, 0.25) is 0 Å². The maximum Gasteiger partial charge on any atom is 0.335 e. The van der Waals surface area contributed by atoms with Crippen molar-refractivity contribution in [1.82, 2.24) is 9.55 Å². The lowest BCUT2D eigenvalue weighted by Gasteiger charge is -2.11. The van der Waals surface area contributed by atoms with Gasteiger partial charge in [0.15, 0.2) is 0 Å². The van der Waals surface area contributed by atoms with Gasteiger partial charge in [-0.3, -0.25) is 14.8 Å². The van der Waals surface area contributed by atoms with Gasteiger partial charge in [0.05, 0.1) is 18.5 Å². The van der Waals surface area contributed by atoms with Crippen LogP contribution >= 0.6 is 0 Å². The van der Waals surface area contributed by atoms with E-state index >= 15 is 0 Å². The molecule has 1 aromatic carbocycles. The van der Waals surface area contributed by atoms with Gasteiger partial charge in [0.2, 0.25) is 5.88 Å². The molecule has 2 N–H and O–H groups in total. The molecule has 0 atom stereocenters. The third kappa shape index (κ3) is 2.71. The van der Waals surface area contributed by atoms with Gasteiger partial charge in [0.1, 0.15) is 11.3 Å². The summed E-state index contributed by atoms with van der Waals surface area (Å²) in [4.78, 5) is 30.3. The molecule has 0 spiro atoms. The molecule has 0 amide bonds. The molecule has 0 unspecified atom stereocenters. The fraction of sp³-hybridized carbons (Fsp3) is 0.0625. The number of hydrogen-bond donors (Lipinski definition) is 2. The summed E-state index contributed by atoms with van der Waals surface area (Å²) in [6.45, 7) is 0. The number of hydrogen-bond acceptors (Lipinski definition) is 5. The molecule has 1 aromatic heterocycles. The molecule has 0 radical (unpaired) electrons. The summed E-state index contributed by atoms with van der Waals surface area (Å²) in [5.41, 5.74) is -0.607. The first-order chi connectivity index (χ1) is 11.1. The fourth-order valence-electron chi connectivity index (χ4n) is 2.20. The molecule has 0 saturated carbocycles. The van der Waals surface area contributed by atoms with Crippen LogP contribution < -0.4 is 16.0 Å². The smallest absolute Gasteiger partial charge is 0.335 e. The molecule has 116 valence electrons. The Kier molecular flexibility index (Phi) is 3.68. The first-order valence-corrected chi connectivity index (χ1v) is 6.75. The Hall–Kier alpha value is -3.35. The molecular weight excluding hydrogens is 298 g/mol. The molecule has 7 nitrogen and oxygen atoms in total. The summed E-state index contributed by atoms with van der Waals surface area (Å²) >= 11 is 0. The highest BCUT2D eigenvalue weighted by Gasteiger charge is 2.15. The first kappa shape index (κ1) is 14.6. The number of ether oxygens (including phenoxy) is 1. The quantitative estimate of drug-likeness (QED) is 0.890. The number of rotatable bonds is 3. The average molecular weight is 311 g/mol. The molecule has 2 heterocycles. The number of aromatic nitrogens is 2. The van der Waals surface area contributed by atoms with E-state index in [0.717, 1.165) is 4.57 Å². The number of nitrogens with zero attached hydrogens (tertiary/aromatic N) is 2. The molecule has 0 aliphatic carbocycles. The molecule has 0 bridgehead atoms. The molecular formula is C16H13N3O4. The second kappa shape index (κ2) is 5.80. The van der Waals surface area contributed by atoms with Gasteiger partial charge < -0.3 is 9.84 Å². The lowest BCUT2D eigenvalue weighted by molar-refractivity contribution is 0.412. The van der Waals surface area contributed by atoms with Gasteiger partial charge in [0, 0.05) is 12.3 Å². The standard InChI is InChI=1S/C16H13N3O4/c1-23-12-6-2-5-11(9-12)19-15(21)13(14(20)18-16(19)22)8-10-4-3-7-17-10/h2-9,21H,1H3,(H,18,20,22)/b10-8-.